The van der Waals surface area contributed by atoms with Crippen molar-refractivity contribution >= 4 is 15.9 Å². The molecule has 19 heavy (non-hydrogen) atoms. The fraction of sp³-hybridized carbons (Fsp3) is 0.200. The van der Waals surface area contributed by atoms with Gasteiger partial charge in [0.2, 0.25) is 0 Å². The third kappa shape index (κ3) is 2.46. The zero-order valence-electron chi connectivity index (χ0n) is 10.3. The maximum absolute atomic E-state index is 6.32. The number of hydrogen-bond acceptors (Lipinski definition) is 3. The SMILES string of the molecule is NC(c1ccccc1)c1cc2c(cc1Br)OCCO2. The molecule has 2 aromatic rings. The average molecular weight is 320 g/mol. The van der Waals surface area contributed by atoms with Gasteiger partial charge in [0.1, 0.15) is 13.2 Å². The van der Waals surface area contributed by atoms with Crippen molar-refractivity contribution in [1.82, 2.24) is 0 Å². The Balaban J connectivity index is 2.01. The van der Waals surface area contributed by atoms with Gasteiger partial charge in [-0.25, -0.2) is 0 Å². The van der Waals surface area contributed by atoms with Crippen LogP contribution in [-0.4, -0.2) is 13.2 Å². The maximum atomic E-state index is 6.32. The number of benzene rings is 2. The van der Waals surface area contributed by atoms with E-state index < -0.39 is 0 Å². The van der Waals surface area contributed by atoms with Crippen molar-refractivity contribution in [3.05, 3.63) is 58.1 Å². The van der Waals surface area contributed by atoms with Gasteiger partial charge < -0.3 is 15.2 Å². The van der Waals surface area contributed by atoms with E-state index in [1.807, 2.05) is 42.5 Å². The third-order valence-electron chi connectivity index (χ3n) is 3.16. The summed E-state index contributed by atoms with van der Waals surface area (Å²) in [5.74, 6) is 1.53. The molecule has 0 fully saturated rings. The van der Waals surface area contributed by atoms with Crippen LogP contribution in [0.5, 0.6) is 11.5 Å². The molecule has 0 spiro atoms. The molecule has 1 heterocycles. The van der Waals surface area contributed by atoms with Gasteiger partial charge >= 0.3 is 0 Å². The minimum Gasteiger partial charge on any atom is -0.486 e. The number of hydrogen-bond donors (Lipinski definition) is 1. The largest absolute Gasteiger partial charge is 0.486 e. The summed E-state index contributed by atoms with van der Waals surface area (Å²) >= 11 is 3.56. The molecule has 2 aromatic carbocycles. The van der Waals surface area contributed by atoms with Crippen molar-refractivity contribution < 1.29 is 9.47 Å². The number of nitrogens with two attached hydrogens (primary N) is 1. The summed E-state index contributed by atoms with van der Waals surface area (Å²) in [6.45, 7) is 1.16. The quantitative estimate of drug-likeness (QED) is 0.924. The van der Waals surface area contributed by atoms with Gasteiger partial charge in [0.15, 0.2) is 11.5 Å². The molecule has 0 aromatic heterocycles. The van der Waals surface area contributed by atoms with Crippen LogP contribution in [0.25, 0.3) is 0 Å². The lowest BCUT2D eigenvalue weighted by Gasteiger charge is -2.22. The molecule has 1 aliphatic rings. The minimum atomic E-state index is -0.189. The molecule has 0 radical (unpaired) electrons. The molecule has 2 N–H and O–H groups in total. The highest BCUT2D eigenvalue weighted by molar-refractivity contribution is 9.10. The van der Waals surface area contributed by atoms with E-state index in [0.29, 0.717) is 13.2 Å². The molecule has 0 amide bonds. The van der Waals surface area contributed by atoms with Crippen LogP contribution in [0.4, 0.5) is 0 Å². The normalized spacial score (nSPS) is 15.1. The van der Waals surface area contributed by atoms with Crippen LogP contribution in [0.1, 0.15) is 17.2 Å². The topological polar surface area (TPSA) is 44.5 Å². The lowest BCUT2D eigenvalue weighted by molar-refractivity contribution is 0.171. The average Bonchev–Trinajstić information content (AvgIpc) is 2.47. The summed E-state index contributed by atoms with van der Waals surface area (Å²) in [5.41, 5.74) is 8.39. The molecule has 0 saturated heterocycles. The lowest BCUT2D eigenvalue weighted by Crippen LogP contribution is -2.17. The molecule has 98 valence electrons. The van der Waals surface area contributed by atoms with Gasteiger partial charge in [-0.15, -0.1) is 0 Å². The Hall–Kier alpha value is -1.52. The molecular formula is C15H14BrNO2. The molecule has 0 saturated carbocycles. The fourth-order valence-corrected chi connectivity index (χ4v) is 2.73. The molecule has 3 nitrogen and oxygen atoms in total. The van der Waals surface area contributed by atoms with Gasteiger partial charge in [-0.3, -0.25) is 0 Å². The van der Waals surface area contributed by atoms with Crippen LogP contribution < -0.4 is 15.2 Å². The first-order valence-corrected chi connectivity index (χ1v) is 6.94. The van der Waals surface area contributed by atoms with Gasteiger partial charge in [0.25, 0.3) is 0 Å². The summed E-state index contributed by atoms with van der Waals surface area (Å²) in [6, 6.07) is 13.7. The zero-order valence-corrected chi connectivity index (χ0v) is 11.9. The molecular weight excluding hydrogens is 306 g/mol. The van der Waals surface area contributed by atoms with Crippen LogP contribution in [0.2, 0.25) is 0 Å². The molecule has 4 heteroatoms. The van der Waals surface area contributed by atoms with Crippen molar-refractivity contribution in [1.29, 1.82) is 0 Å². The van der Waals surface area contributed by atoms with E-state index in [1.54, 1.807) is 0 Å². The van der Waals surface area contributed by atoms with Gasteiger partial charge in [0, 0.05) is 4.47 Å². The standard InChI is InChI=1S/C15H14BrNO2/c16-12-9-14-13(18-6-7-19-14)8-11(12)15(17)10-4-2-1-3-5-10/h1-5,8-9,15H,6-7,17H2. The lowest BCUT2D eigenvalue weighted by atomic mass is 9.99. The predicted octanol–water partition coefficient (Wildman–Crippen LogP) is 3.27. The summed E-state index contributed by atoms with van der Waals surface area (Å²) < 4.78 is 12.1. The number of halogens is 1. The Morgan fingerprint density at radius 1 is 1.00 bits per heavy atom. The van der Waals surface area contributed by atoms with Crippen molar-refractivity contribution in [2.24, 2.45) is 5.73 Å². The van der Waals surface area contributed by atoms with Crippen LogP contribution in [0.15, 0.2) is 46.9 Å². The molecule has 3 rings (SSSR count). The zero-order chi connectivity index (χ0) is 13.2. The summed E-state index contributed by atoms with van der Waals surface area (Å²) in [4.78, 5) is 0. The van der Waals surface area contributed by atoms with E-state index >= 15 is 0 Å². The summed E-state index contributed by atoms with van der Waals surface area (Å²) in [6.07, 6.45) is 0. The van der Waals surface area contributed by atoms with Crippen LogP contribution in [0, 0.1) is 0 Å². The summed E-state index contributed by atoms with van der Waals surface area (Å²) in [5, 5.41) is 0. The maximum Gasteiger partial charge on any atom is 0.162 e. The highest BCUT2D eigenvalue weighted by Crippen LogP contribution is 2.38. The fourth-order valence-electron chi connectivity index (χ4n) is 2.16. The Morgan fingerprint density at radius 2 is 1.63 bits per heavy atom. The highest BCUT2D eigenvalue weighted by Gasteiger charge is 2.19. The first-order chi connectivity index (χ1) is 9.25. The van der Waals surface area contributed by atoms with E-state index in [1.165, 1.54) is 0 Å². The predicted molar refractivity (Wildman–Crippen MR) is 77.6 cm³/mol. The summed E-state index contributed by atoms with van der Waals surface area (Å²) in [7, 11) is 0. The number of fused-ring (bicyclic) bond motifs is 1. The Labute approximate surface area is 120 Å². The van der Waals surface area contributed by atoms with E-state index in [2.05, 4.69) is 15.9 Å². The Bertz CT molecular complexity index is 586. The molecule has 0 bridgehead atoms. The van der Waals surface area contributed by atoms with E-state index in [0.717, 1.165) is 27.1 Å². The molecule has 1 atom stereocenters. The first kappa shape index (κ1) is 12.5. The molecule has 1 unspecified atom stereocenters. The van der Waals surface area contributed by atoms with Crippen molar-refractivity contribution in [2.45, 2.75) is 6.04 Å². The Kier molecular flexibility index (Phi) is 3.44. The van der Waals surface area contributed by atoms with Crippen LogP contribution >= 0.6 is 15.9 Å². The van der Waals surface area contributed by atoms with Crippen molar-refractivity contribution in [3.63, 3.8) is 0 Å². The second-order valence-electron chi connectivity index (χ2n) is 4.41. The monoisotopic (exact) mass is 319 g/mol. The number of ether oxygens (including phenoxy) is 2. The molecule has 0 aliphatic carbocycles. The van der Waals surface area contributed by atoms with Crippen molar-refractivity contribution in [2.75, 3.05) is 13.2 Å². The van der Waals surface area contributed by atoms with Gasteiger partial charge in [-0.1, -0.05) is 46.3 Å². The second kappa shape index (κ2) is 5.23. The molecule has 1 aliphatic heterocycles. The van der Waals surface area contributed by atoms with E-state index in [-0.39, 0.29) is 6.04 Å². The van der Waals surface area contributed by atoms with Gasteiger partial charge in [-0.2, -0.15) is 0 Å². The third-order valence-corrected chi connectivity index (χ3v) is 3.84. The van der Waals surface area contributed by atoms with Gasteiger partial charge in [-0.05, 0) is 23.3 Å². The minimum absolute atomic E-state index is 0.189. The smallest absolute Gasteiger partial charge is 0.162 e. The van der Waals surface area contributed by atoms with Gasteiger partial charge in [0.05, 0.1) is 6.04 Å². The number of rotatable bonds is 2. The van der Waals surface area contributed by atoms with Crippen LogP contribution in [0.3, 0.4) is 0 Å². The van der Waals surface area contributed by atoms with E-state index in [4.69, 9.17) is 15.2 Å². The van der Waals surface area contributed by atoms with Crippen LogP contribution in [-0.2, 0) is 0 Å². The highest BCUT2D eigenvalue weighted by atomic mass is 79.9. The van der Waals surface area contributed by atoms with E-state index in [9.17, 15) is 0 Å². The second-order valence-corrected chi connectivity index (χ2v) is 5.26. The van der Waals surface area contributed by atoms with Crippen molar-refractivity contribution in [3.8, 4) is 11.5 Å². The first-order valence-electron chi connectivity index (χ1n) is 6.15. The Morgan fingerprint density at radius 3 is 2.32 bits per heavy atom.